The van der Waals surface area contributed by atoms with E-state index in [1.54, 1.807) is 0 Å². The van der Waals surface area contributed by atoms with Gasteiger partial charge >= 0.3 is 0 Å². The standard InChI is InChI=1S/C15H24F2/c1-6-14(4)8-7-12(15(5,17)10-16)9-13(14)11(2)3/h6,12-13H,1-2,7-10H2,3-5H3. The van der Waals surface area contributed by atoms with E-state index in [0.717, 1.165) is 18.4 Å². The summed E-state index contributed by atoms with van der Waals surface area (Å²) in [5.74, 6) is 0.00241. The summed E-state index contributed by atoms with van der Waals surface area (Å²) in [7, 11) is 0. The van der Waals surface area contributed by atoms with Crippen LogP contribution in [0.5, 0.6) is 0 Å². The van der Waals surface area contributed by atoms with Gasteiger partial charge in [-0.15, -0.1) is 6.58 Å². The smallest absolute Gasteiger partial charge is 0.139 e. The molecule has 1 aliphatic carbocycles. The molecule has 1 rings (SSSR count). The van der Waals surface area contributed by atoms with Gasteiger partial charge in [0.2, 0.25) is 0 Å². The zero-order chi connectivity index (χ0) is 13.3. The minimum atomic E-state index is -1.70. The Hall–Kier alpha value is -0.660. The highest BCUT2D eigenvalue weighted by atomic mass is 19.2. The van der Waals surface area contributed by atoms with Crippen molar-refractivity contribution in [3.63, 3.8) is 0 Å². The molecule has 0 aromatic rings. The second-order valence-electron chi connectivity index (χ2n) is 5.99. The minimum Gasteiger partial charge on any atom is -0.248 e. The van der Waals surface area contributed by atoms with Gasteiger partial charge in [0.05, 0.1) is 0 Å². The first-order chi connectivity index (χ1) is 7.77. The molecule has 0 spiro atoms. The Labute approximate surface area is 104 Å². The molecule has 0 nitrogen and oxygen atoms in total. The lowest BCUT2D eigenvalue weighted by molar-refractivity contribution is 0.0124. The van der Waals surface area contributed by atoms with Crippen LogP contribution in [0.1, 0.15) is 40.0 Å². The SMILES string of the molecule is C=CC1(C)CCC(C(C)(F)CF)CC1C(=C)C. The van der Waals surface area contributed by atoms with E-state index in [1.165, 1.54) is 6.92 Å². The van der Waals surface area contributed by atoms with Crippen LogP contribution >= 0.6 is 0 Å². The first-order valence-corrected chi connectivity index (χ1v) is 6.30. The molecule has 0 aromatic heterocycles. The van der Waals surface area contributed by atoms with Crippen LogP contribution < -0.4 is 0 Å². The van der Waals surface area contributed by atoms with Gasteiger partial charge in [0.15, 0.2) is 0 Å². The average molecular weight is 242 g/mol. The predicted molar refractivity (Wildman–Crippen MR) is 69.4 cm³/mol. The Morgan fingerprint density at radius 2 is 2.18 bits per heavy atom. The molecule has 4 atom stereocenters. The van der Waals surface area contributed by atoms with Crippen molar-refractivity contribution < 1.29 is 8.78 Å². The van der Waals surface area contributed by atoms with Gasteiger partial charge in [0.1, 0.15) is 12.3 Å². The molecule has 0 N–H and O–H groups in total. The molecule has 1 fully saturated rings. The Kier molecular flexibility index (Phi) is 4.16. The zero-order valence-electron chi connectivity index (χ0n) is 11.2. The number of halogens is 2. The third-order valence-electron chi connectivity index (χ3n) is 4.52. The zero-order valence-corrected chi connectivity index (χ0v) is 11.2. The highest BCUT2D eigenvalue weighted by Crippen LogP contribution is 2.50. The lowest BCUT2D eigenvalue weighted by Crippen LogP contribution is -2.41. The molecule has 17 heavy (non-hydrogen) atoms. The van der Waals surface area contributed by atoms with Gasteiger partial charge in [-0.3, -0.25) is 0 Å². The largest absolute Gasteiger partial charge is 0.248 e. The van der Waals surface area contributed by atoms with E-state index in [1.807, 2.05) is 13.0 Å². The summed E-state index contributed by atoms with van der Waals surface area (Å²) < 4.78 is 26.8. The van der Waals surface area contributed by atoms with Crippen molar-refractivity contribution in [2.45, 2.75) is 45.7 Å². The molecule has 1 aliphatic rings. The van der Waals surface area contributed by atoms with Gasteiger partial charge in [0.25, 0.3) is 0 Å². The van der Waals surface area contributed by atoms with Crippen LogP contribution in [0.25, 0.3) is 0 Å². The van der Waals surface area contributed by atoms with Crippen LogP contribution in [0.2, 0.25) is 0 Å². The van der Waals surface area contributed by atoms with Crippen molar-refractivity contribution in [1.29, 1.82) is 0 Å². The van der Waals surface area contributed by atoms with Crippen LogP contribution in [0.4, 0.5) is 8.78 Å². The monoisotopic (exact) mass is 242 g/mol. The van der Waals surface area contributed by atoms with Crippen molar-refractivity contribution in [3.05, 3.63) is 24.8 Å². The molecule has 2 heteroatoms. The van der Waals surface area contributed by atoms with Gasteiger partial charge in [-0.1, -0.05) is 25.2 Å². The van der Waals surface area contributed by atoms with Crippen LogP contribution in [-0.2, 0) is 0 Å². The summed E-state index contributed by atoms with van der Waals surface area (Å²) in [6.45, 7) is 12.5. The van der Waals surface area contributed by atoms with Crippen LogP contribution in [0, 0.1) is 17.3 Å². The molecular weight excluding hydrogens is 218 g/mol. The van der Waals surface area contributed by atoms with Crippen LogP contribution in [0.15, 0.2) is 24.8 Å². The lowest BCUT2D eigenvalue weighted by Gasteiger charge is -2.46. The second-order valence-corrected chi connectivity index (χ2v) is 5.99. The Bertz CT molecular complexity index is 306. The highest BCUT2D eigenvalue weighted by Gasteiger charge is 2.44. The second kappa shape index (κ2) is 4.91. The van der Waals surface area contributed by atoms with E-state index in [9.17, 15) is 8.78 Å². The third-order valence-corrected chi connectivity index (χ3v) is 4.52. The molecule has 0 aromatic carbocycles. The van der Waals surface area contributed by atoms with E-state index in [-0.39, 0.29) is 17.3 Å². The van der Waals surface area contributed by atoms with Crippen molar-refractivity contribution in [1.82, 2.24) is 0 Å². The molecule has 4 unspecified atom stereocenters. The van der Waals surface area contributed by atoms with Gasteiger partial charge in [-0.2, -0.15) is 0 Å². The van der Waals surface area contributed by atoms with Gasteiger partial charge < -0.3 is 0 Å². The number of allylic oxidation sites excluding steroid dienone is 2. The first kappa shape index (κ1) is 14.4. The molecule has 1 saturated carbocycles. The Balaban J connectivity index is 2.90. The molecule has 0 aliphatic heterocycles. The maximum atomic E-state index is 14.1. The van der Waals surface area contributed by atoms with Gasteiger partial charge in [-0.25, -0.2) is 8.78 Å². The maximum Gasteiger partial charge on any atom is 0.139 e. The van der Waals surface area contributed by atoms with E-state index < -0.39 is 12.3 Å². The normalized spacial score (nSPS) is 37.2. The maximum absolute atomic E-state index is 14.1. The van der Waals surface area contributed by atoms with E-state index in [2.05, 4.69) is 20.1 Å². The van der Waals surface area contributed by atoms with Crippen molar-refractivity contribution in [2.75, 3.05) is 6.67 Å². The summed E-state index contributed by atoms with van der Waals surface area (Å²) in [5.41, 5.74) is -0.669. The summed E-state index contributed by atoms with van der Waals surface area (Å²) >= 11 is 0. The predicted octanol–water partition coefficient (Wildman–Crippen LogP) is 4.87. The minimum absolute atomic E-state index is 0.0191. The number of rotatable bonds is 4. The summed E-state index contributed by atoms with van der Waals surface area (Å²) in [6, 6.07) is 0. The van der Waals surface area contributed by atoms with Crippen LogP contribution in [-0.4, -0.2) is 12.3 Å². The first-order valence-electron chi connectivity index (χ1n) is 6.30. The molecular formula is C15H24F2. The fourth-order valence-electron chi connectivity index (χ4n) is 3.00. The van der Waals surface area contributed by atoms with E-state index >= 15 is 0 Å². The fraction of sp³-hybridized carbons (Fsp3) is 0.733. The Morgan fingerprint density at radius 1 is 1.59 bits per heavy atom. The van der Waals surface area contributed by atoms with E-state index in [4.69, 9.17) is 0 Å². The van der Waals surface area contributed by atoms with Gasteiger partial charge in [-0.05, 0) is 50.4 Å². The molecule has 0 amide bonds. The van der Waals surface area contributed by atoms with Crippen molar-refractivity contribution in [2.24, 2.45) is 17.3 Å². The van der Waals surface area contributed by atoms with Crippen LogP contribution in [0.3, 0.4) is 0 Å². The van der Waals surface area contributed by atoms with Gasteiger partial charge in [0, 0.05) is 0 Å². The number of alkyl halides is 2. The van der Waals surface area contributed by atoms with Crippen molar-refractivity contribution >= 4 is 0 Å². The quantitative estimate of drug-likeness (QED) is 0.617. The average Bonchev–Trinajstić information content (AvgIpc) is 2.28. The molecule has 0 heterocycles. The summed E-state index contributed by atoms with van der Waals surface area (Å²) in [4.78, 5) is 0. The highest BCUT2D eigenvalue weighted by molar-refractivity contribution is 5.13. The topological polar surface area (TPSA) is 0 Å². The summed E-state index contributed by atoms with van der Waals surface area (Å²) in [6.07, 6.45) is 4.21. The lowest BCUT2D eigenvalue weighted by atomic mass is 9.60. The summed E-state index contributed by atoms with van der Waals surface area (Å²) in [5, 5.41) is 0. The molecule has 0 bridgehead atoms. The third kappa shape index (κ3) is 2.78. The number of hydrogen-bond donors (Lipinski definition) is 0. The fourth-order valence-corrected chi connectivity index (χ4v) is 3.00. The number of hydrogen-bond acceptors (Lipinski definition) is 0. The Morgan fingerprint density at radius 3 is 2.59 bits per heavy atom. The van der Waals surface area contributed by atoms with Crippen molar-refractivity contribution in [3.8, 4) is 0 Å². The molecule has 0 radical (unpaired) electrons. The molecule has 98 valence electrons. The molecule has 0 saturated heterocycles. The van der Waals surface area contributed by atoms with E-state index in [0.29, 0.717) is 6.42 Å².